The number of aliphatic hydroxyl groups excluding tert-OH is 1. The van der Waals surface area contributed by atoms with Gasteiger partial charge < -0.3 is 19.9 Å². The predicted octanol–water partition coefficient (Wildman–Crippen LogP) is 1.16. The molecular weight excluding hydrogens is 264 g/mol. The van der Waals surface area contributed by atoms with Gasteiger partial charge in [-0.15, -0.1) is 0 Å². The van der Waals surface area contributed by atoms with E-state index in [0.717, 1.165) is 11.3 Å². The second-order valence-corrected chi connectivity index (χ2v) is 5.04. The summed E-state index contributed by atoms with van der Waals surface area (Å²) < 4.78 is 10.2. The molecule has 0 amide bonds. The van der Waals surface area contributed by atoms with Crippen molar-refractivity contribution in [2.24, 2.45) is 5.41 Å². The molecule has 0 aliphatic carbocycles. The van der Waals surface area contributed by atoms with Crippen LogP contribution in [0.5, 0.6) is 0 Å². The van der Waals surface area contributed by atoms with E-state index < -0.39 is 4.92 Å². The van der Waals surface area contributed by atoms with E-state index >= 15 is 0 Å². The molecule has 7 nitrogen and oxygen atoms in total. The highest BCUT2D eigenvalue weighted by molar-refractivity contribution is 5.56. The number of nitrogens with zero attached hydrogens (tertiary/aromatic N) is 1. The molecule has 0 unspecified atom stereocenters. The van der Waals surface area contributed by atoms with Gasteiger partial charge in [0.25, 0.3) is 5.69 Å². The number of benzene rings is 1. The van der Waals surface area contributed by atoms with Crippen molar-refractivity contribution < 1.29 is 19.5 Å². The lowest BCUT2D eigenvalue weighted by Crippen LogP contribution is -2.50. The fourth-order valence-electron chi connectivity index (χ4n) is 2.06. The van der Waals surface area contributed by atoms with Gasteiger partial charge in [-0.05, 0) is 6.07 Å². The van der Waals surface area contributed by atoms with E-state index in [4.69, 9.17) is 9.47 Å². The van der Waals surface area contributed by atoms with Crippen molar-refractivity contribution in [1.82, 2.24) is 0 Å². The van der Waals surface area contributed by atoms with Gasteiger partial charge in [-0.25, -0.2) is 0 Å². The predicted molar refractivity (Wildman–Crippen MR) is 72.6 cm³/mol. The smallest absolute Gasteiger partial charge is 0.269 e. The maximum absolute atomic E-state index is 10.8. The van der Waals surface area contributed by atoms with Crippen molar-refractivity contribution in [1.29, 1.82) is 0 Å². The molecule has 1 heterocycles. The number of anilines is 1. The van der Waals surface area contributed by atoms with Gasteiger partial charge in [0.05, 0.1) is 36.8 Å². The topological polar surface area (TPSA) is 93.9 Å². The Kier molecular flexibility index (Phi) is 4.53. The average Bonchev–Trinajstić information content (AvgIpc) is 2.39. The van der Waals surface area contributed by atoms with Crippen molar-refractivity contribution in [2.75, 3.05) is 38.8 Å². The minimum absolute atomic E-state index is 0.0337. The third-order valence-corrected chi connectivity index (χ3v) is 3.41. The molecule has 0 radical (unpaired) electrons. The van der Waals surface area contributed by atoms with Gasteiger partial charge in [-0.2, -0.15) is 0 Å². The number of ether oxygens (including phenoxy) is 2. The van der Waals surface area contributed by atoms with Gasteiger partial charge in [0.2, 0.25) is 0 Å². The van der Waals surface area contributed by atoms with Crippen LogP contribution in [0, 0.1) is 15.5 Å². The standard InChI is InChI=1S/C13H18N2O5/c1-19-5-10-4-11(15(17)18)2-3-12(10)14-6-13(7-16)8-20-9-13/h2-4,14,16H,5-9H2,1H3. The van der Waals surface area contributed by atoms with Crippen LogP contribution in [0.25, 0.3) is 0 Å². The highest BCUT2D eigenvalue weighted by atomic mass is 16.6. The summed E-state index contributed by atoms with van der Waals surface area (Å²) in [5.74, 6) is 0. The van der Waals surface area contributed by atoms with E-state index in [1.807, 2.05) is 0 Å². The largest absolute Gasteiger partial charge is 0.396 e. The number of nitro benzene ring substituents is 1. The lowest BCUT2D eigenvalue weighted by molar-refractivity contribution is -0.384. The Morgan fingerprint density at radius 2 is 2.30 bits per heavy atom. The van der Waals surface area contributed by atoms with E-state index in [1.54, 1.807) is 6.07 Å². The van der Waals surface area contributed by atoms with Crippen molar-refractivity contribution in [3.63, 3.8) is 0 Å². The van der Waals surface area contributed by atoms with E-state index in [9.17, 15) is 15.2 Å². The summed E-state index contributed by atoms with van der Waals surface area (Å²) in [7, 11) is 1.54. The fourth-order valence-corrected chi connectivity index (χ4v) is 2.06. The van der Waals surface area contributed by atoms with Crippen LogP contribution in [0.3, 0.4) is 0 Å². The summed E-state index contributed by atoms with van der Waals surface area (Å²) in [6.45, 7) is 1.92. The molecule has 110 valence electrons. The number of aliphatic hydroxyl groups is 1. The fraction of sp³-hybridized carbons (Fsp3) is 0.538. The SMILES string of the molecule is COCc1cc([N+](=O)[O-])ccc1NCC1(CO)COC1. The number of methoxy groups -OCH3 is 1. The first-order valence-electron chi connectivity index (χ1n) is 6.29. The minimum Gasteiger partial charge on any atom is -0.396 e. The van der Waals surface area contributed by atoms with Crippen molar-refractivity contribution >= 4 is 11.4 Å². The Bertz CT molecular complexity index is 482. The molecule has 0 saturated carbocycles. The van der Waals surface area contributed by atoms with Crippen LogP contribution in [0.4, 0.5) is 11.4 Å². The molecule has 2 N–H and O–H groups in total. The summed E-state index contributed by atoms with van der Waals surface area (Å²) in [6, 6.07) is 4.61. The second-order valence-electron chi connectivity index (χ2n) is 5.04. The third kappa shape index (κ3) is 3.06. The molecule has 0 atom stereocenters. The molecular formula is C13H18N2O5. The number of nitro groups is 1. The Labute approximate surface area is 116 Å². The molecule has 0 aromatic heterocycles. The first kappa shape index (κ1) is 14.7. The summed E-state index contributed by atoms with van der Waals surface area (Å²) in [4.78, 5) is 10.3. The highest BCUT2D eigenvalue weighted by Gasteiger charge is 2.37. The third-order valence-electron chi connectivity index (χ3n) is 3.41. The minimum atomic E-state index is -0.433. The van der Waals surface area contributed by atoms with Gasteiger partial charge in [-0.3, -0.25) is 10.1 Å². The summed E-state index contributed by atoms with van der Waals surface area (Å²) in [6.07, 6.45) is 0. The molecule has 1 saturated heterocycles. The zero-order chi connectivity index (χ0) is 14.6. The van der Waals surface area contributed by atoms with E-state index in [1.165, 1.54) is 19.2 Å². The van der Waals surface area contributed by atoms with E-state index in [2.05, 4.69) is 5.32 Å². The lowest BCUT2D eigenvalue weighted by Gasteiger charge is -2.40. The Balaban J connectivity index is 2.11. The van der Waals surface area contributed by atoms with Gasteiger partial charge in [0.15, 0.2) is 0 Å². The van der Waals surface area contributed by atoms with Crippen molar-refractivity contribution in [3.05, 3.63) is 33.9 Å². The molecule has 1 fully saturated rings. The summed E-state index contributed by atoms with van der Waals surface area (Å²) in [5, 5.41) is 23.4. The first-order chi connectivity index (χ1) is 9.60. The van der Waals surface area contributed by atoms with Crippen molar-refractivity contribution in [2.45, 2.75) is 6.61 Å². The first-order valence-corrected chi connectivity index (χ1v) is 6.29. The van der Waals surface area contributed by atoms with Gasteiger partial charge >= 0.3 is 0 Å². The Hall–Kier alpha value is -1.70. The van der Waals surface area contributed by atoms with Crippen LogP contribution in [0.2, 0.25) is 0 Å². The summed E-state index contributed by atoms with van der Waals surface area (Å²) >= 11 is 0. The van der Waals surface area contributed by atoms with Crippen LogP contribution in [0.15, 0.2) is 18.2 Å². The molecule has 20 heavy (non-hydrogen) atoms. The monoisotopic (exact) mass is 282 g/mol. The normalized spacial score (nSPS) is 16.5. The number of hydrogen-bond acceptors (Lipinski definition) is 6. The van der Waals surface area contributed by atoms with E-state index in [-0.39, 0.29) is 24.3 Å². The van der Waals surface area contributed by atoms with Crippen molar-refractivity contribution in [3.8, 4) is 0 Å². The second kappa shape index (κ2) is 6.17. The van der Waals surface area contributed by atoms with Crippen LogP contribution in [-0.2, 0) is 16.1 Å². The molecule has 2 rings (SSSR count). The van der Waals surface area contributed by atoms with Gasteiger partial charge in [0.1, 0.15) is 0 Å². The molecule has 1 aliphatic rings. The number of non-ortho nitro benzene ring substituents is 1. The van der Waals surface area contributed by atoms with Crippen LogP contribution in [0.1, 0.15) is 5.56 Å². The zero-order valence-electron chi connectivity index (χ0n) is 11.3. The van der Waals surface area contributed by atoms with Gasteiger partial charge in [-0.1, -0.05) is 0 Å². The lowest BCUT2D eigenvalue weighted by atomic mass is 9.87. The van der Waals surface area contributed by atoms with E-state index in [0.29, 0.717) is 19.8 Å². The zero-order valence-corrected chi connectivity index (χ0v) is 11.3. The molecule has 1 aromatic rings. The molecule has 0 spiro atoms. The molecule has 0 bridgehead atoms. The van der Waals surface area contributed by atoms with Crippen LogP contribution >= 0.6 is 0 Å². The number of nitrogens with one attached hydrogen (secondary N) is 1. The molecule has 1 aromatic carbocycles. The van der Waals surface area contributed by atoms with Gasteiger partial charge in [0, 0.05) is 37.0 Å². The van der Waals surface area contributed by atoms with Crippen LogP contribution in [-0.4, -0.2) is 43.5 Å². The Morgan fingerprint density at radius 3 is 2.80 bits per heavy atom. The molecule has 7 heteroatoms. The number of hydrogen-bond donors (Lipinski definition) is 2. The maximum Gasteiger partial charge on any atom is 0.269 e. The highest BCUT2D eigenvalue weighted by Crippen LogP contribution is 2.29. The maximum atomic E-state index is 10.8. The Morgan fingerprint density at radius 1 is 1.55 bits per heavy atom. The molecule has 1 aliphatic heterocycles. The average molecular weight is 282 g/mol. The number of rotatable bonds is 7. The quantitative estimate of drug-likeness (QED) is 0.576. The summed E-state index contributed by atoms with van der Waals surface area (Å²) in [5.41, 5.74) is 1.27. The van der Waals surface area contributed by atoms with Crippen LogP contribution < -0.4 is 5.32 Å².